The molecule has 1 saturated heterocycles. The van der Waals surface area contributed by atoms with E-state index in [2.05, 4.69) is 27.7 Å². The smallest absolute Gasteiger partial charge is 0.312 e. The minimum absolute atomic E-state index is 0.0639. The molecule has 0 aromatic heterocycles. The zero-order valence-corrected chi connectivity index (χ0v) is 14.7. The van der Waals surface area contributed by atoms with Crippen LogP contribution in [0.25, 0.3) is 0 Å². The first-order valence-corrected chi connectivity index (χ1v) is 8.79. The molecule has 0 bridgehead atoms. The first-order valence-electron chi connectivity index (χ1n) is 8.79. The molecule has 4 N–H and O–H groups in total. The number of likely N-dealkylation sites (tertiary alicyclic amines) is 1. The van der Waals surface area contributed by atoms with E-state index in [0.29, 0.717) is 12.1 Å². The lowest BCUT2D eigenvalue weighted by atomic mass is 10.1. The van der Waals surface area contributed by atoms with Gasteiger partial charge in [0.05, 0.1) is 0 Å². The second-order valence-corrected chi connectivity index (χ2v) is 6.59. The van der Waals surface area contributed by atoms with Crippen LogP contribution in [0.15, 0.2) is 54.6 Å². The van der Waals surface area contributed by atoms with E-state index in [0.717, 1.165) is 31.6 Å². The molecule has 1 aliphatic heterocycles. The van der Waals surface area contributed by atoms with Crippen LogP contribution in [-0.4, -0.2) is 36.0 Å². The summed E-state index contributed by atoms with van der Waals surface area (Å²) in [4.78, 5) is 25.5. The van der Waals surface area contributed by atoms with Crippen molar-refractivity contribution < 1.29 is 9.59 Å². The summed E-state index contributed by atoms with van der Waals surface area (Å²) in [7, 11) is 0. The van der Waals surface area contributed by atoms with Gasteiger partial charge in [0.15, 0.2) is 0 Å². The Morgan fingerprint density at radius 3 is 2.46 bits per heavy atom. The minimum Gasteiger partial charge on any atom is -0.352 e. The summed E-state index contributed by atoms with van der Waals surface area (Å²) in [5, 5.41) is 5.64. The number of nitrogens with two attached hydrogens (primary N) is 1. The highest BCUT2D eigenvalue weighted by molar-refractivity contribution is 5.94. The normalized spacial score (nSPS) is 17.0. The molecule has 6 nitrogen and oxygen atoms in total. The van der Waals surface area contributed by atoms with Crippen molar-refractivity contribution in [2.45, 2.75) is 25.6 Å². The van der Waals surface area contributed by atoms with Gasteiger partial charge in [-0.1, -0.05) is 42.5 Å². The number of amides is 3. The molecule has 0 radical (unpaired) electrons. The van der Waals surface area contributed by atoms with Crippen LogP contribution < -0.4 is 16.4 Å². The number of rotatable bonds is 6. The molecule has 0 unspecified atom stereocenters. The van der Waals surface area contributed by atoms with E-state index in [9.17, 15) is 9.59 Å². The van der Waals surface area contributed by atoms with Crippen LogP contribution in [0.1, 0.15) is 27.9 Å². The molecule has 136 valence electrons. The Hall–Kier alpha value is -2.86. The zero-order valence-electron chi connectivity index (χ0n) is 14.7. The summed E-state index contributed by atoms with van der Waals surface area (Å²) in [6.07, 6.45) is 0.958. The fourth-order valence-corrected chi connectivity index (χ4v) is 3.17. The molecule has 1 heterocycles. The summed E-state index contributed by atoms with van der Waals surface area (Å²) in [6, 6.07) is 17.2. The third-order valence-electron chi connectivity index (χ3n) is 4.54. The summed E-state index contributed by atoms with van der Waals surface area (Å²) in [5.74, 6) is -0.0639. The predicted molar refractivity (Wildman–Crippen MR) is 100 cm³/mol. The fraction of sp³-hybridized carbons (Fsp3) is 0.300. The second kappa shape index (κ2) is 8.49. The number of nitrogens with one attached hydrogen (secondary N) is 2. The van der Waals surface area contributed by atoms with Crippen LogP contribution in [0.5, 0.6) is 0 Å². The van der Waals surface area contributed by atoms with Crippen LogP contribution in [0, 0.1) is 0 Å². The van der Waals surface area contributed by atoms with Crippen molar-refractivity contribution in [3.8, 4) is 0 Å². The largest absolute Gasteiger partial charge is 0.352 e. The predicted octanol–water partition coefficient (Wildman–Crippen LogP) is 1.86. The lowest BCUT2D eigenvalue weighted by molar-refractivity contribution is 0.0937. The fourth-order valence-electron chi connectivity index (χ4n) is 3.17. The number of primary amides is 1. The Kier molecular flexibility index (Phi) is 5.86. The van der Waals surface area contributed by atoms with Crippen molar-refractivity contribution in [1.82, 2.24) is 15.5 Å². The molecule has 6 heteroatoms. The van der Waals surface area contributed by atoms with E-state index >= 15 is 0 Å². The van der Waals surface area contributed by atoms with Gasteiger partial charge in [-0.2, -0.15) is 0 Å². The number of carbonyl (C=O) groups excluding carboxylic acids is 2. The van der Waals surface area contributed by atoms with Crippen molar-refractivity contribution in [3.05, 3.63) is 71.3 Å². The van der Waals surface area contributed by atoms with Crippen LogP contribution in [0.3, 0.4) is 0 Å². The monoisotopic (exact) mass is 352 g/mol. The number of hydrogen-bond acceptors (Lipinski definition) is 3. The van der Waals surface area contributed by atoms with Crippen molar-refractivity contribution in [2.24, 2.45) is 5.73 Å². The number of urea groups is 1. The highest BCUT2D eigenvalue weighted by Crippen LogP contribution is 2.14. The number of benzene rings is 2. The van der Waals surface area contributed by atoms with Gasteiger partial charge in [0.2, 0.25) is 0 Å². The minimum atomic E-state index is -0.562. The molecule has 0 aliphatic carbocycles. The van der Waals surface area contributed by atoms with Gasteiger partial charge in [0.25, 0.3) is 5.91 Å². The van der Waals surface area contributed by atoms with Crippen molar-refractivity contribution in [2.75, 3.05) is 13.1 Å². The molecule has 1 aliphatic rings. The Labute approximate surface area is 153 Å². The second-order valence-electron chi connectivity index (χ2n) is 6.59. The van der Waals surface area contributed by atoms with E-state index in [1.165, 1.54) is 5.56 Å². The lowest BCUT2D eigenvalue weighted by Crippen LogP contribution is -2.37. The van der Waals surface area contributed by atoms with Crippen LogP contribution in [-0.2, 0) is 13.1 Å². The Bertz CT molecular complexity index is 746. The molecular formula is C20H24N4O2. The molecule has 3 rings (SSSR count). The van der Waals surface area contributed by atoms with Gasteiger partial charge in [-0.25, -0.2) is 4.79 Å². The van der Waals surface area contributed by atoms with E-state index in [-0.39, 0.29) is 11.9 Å². The lowest BCUT2D eigenvalue weighted by Gasteiger charge is -2.17. The maximum atomic E-state index is 12.4. The topological polar surface area (TPSA) is 87.5 Å². The standard InChI is InChI=1S/C20H24N4O2/c21-20(26)22-12-15-6-8-17(9-7-15)19(25)23-18-10-11-24(14-18)13-16-4-2-1-3-5-16/h1-9,18H,10-14H2,(H,23,25)(H3,21,22,26)/t18-/m0/s1. The number of nitrogens with zero attached hydrogens (tertiary/aromatic N) is 1. The number of carbonyl (C=O) groups is 2. The van der Waals surface area contributed by atoms with Crippen LogP contribution in [0.4, 0.5) is 4.79 Å². The first kappa shape index (κ1) is 17.9. The Balaban J connectivity index is 1.48. The van der Waals surface area contributed by atoms with Crippen molar-refractivity contribution >= 4 is 11.9 Å². The van der Waals surface area contributed by atoms with Gasteiger partial charge >= 0.3 is 6.03 Å². The van der Waals surface area contributed by atoms with Crippen molar-refractivity contribution in [1.29, 1.82) is 0 Å². The quantitative estimate of drug-likeness (QED) is 0.741. The van der Waals surface area contributed by atoms with E-state index in [1.54, 1.807) is 12.1 Å². The van der Waals surface area contributed by atoms with Gasteiger partial charge in [-0.05, 0) is 29.7 Å². The molecule has 3 amide bonds. The maximum Gasteiger partial charge on any atom is 0.312 e. The van der Waals surface area contributed by atoms with Gasteiger partial charge < -0.3 is 16.4 Å². The molecule has 0 saturated carbocycles. The van der Waals surface area contributed by atoms with Gasteiger partial charge in [0, 0.05) is 37.8 Å². The summed E-state index contributed by atoms with van der Waals surface area (Å²) >= 11 is 0. The maximum absolute atomic E-state index is 12.4. The third-order valence-corrected chi connectivity index (χ3v) is 4.54. The first-order chi connectivity index (χ1) is 12.6. The summed E-state index contributed by atoms with van der Waals surface area (Å²) in [5.41, 5.74) is 7.86. The average Bonchev–Trinajstić information content (AvgIpc) is 3.08. The molecule has 1 atom stereocenters. The van der Waals surface area contributed by atoms with Gasteiger partial charge in [0.1, 0.15) is 0 Å². The summed E-state index contributed by atoms with van der Waals surface area (Å²) < 4.78 is 0. The SMILES string of the molecule is NC(=O)NCc1ccc(C(=O)N[C@H]2CCN(Cc3ccccc3)C2)cc1. The highest BCUT2D eigenvalue weighted by atomic mass is 16.2. The average molecular weight is 352 g/mol. The zero-order chi connectivity index (χ0) is 18.4. The molecule has 2 aromatic carbocycles. The van der Waals surface area contributed by atoms with Crippen molar-refractivity contribution in [3.63, 3.8) is 0 Å². The van der Waals surface area contributed by atoms with E-state index in [4.69, 9.17) is 5.73 Å². The van der Waals surface area contributed by atoms with Crippen LogP contribution >= 0.6 is 0 Å². The van der Waals surface area contributed by atoms with E-state index in [1.807, 2.05) is 30.3 Å². The highest BCUT2D eigenvalue weighted by Gasteiger charge is 2.24. The molecule has 1 fully saturated rings. The summed E-state index contributed by atoms with van der Waals surface area (Å²) in [6.45, 7) is 3.11. The van der Waals surface area contributed by atoms with E-state index < -0.39 is 6.03 Å². The molecular weight excluding hydrogens is 328 g/mol. The molecule has 0 spiro atoms. The molecule has 2 aromatic rings. The Morgan fingerprint density at radius 1 is 1.04 bits per heavy atom. The Morgan fingerprint density at radius 2 is 1.77 bits per heavy atom. The number of hydrogen-bond donors (Lipinski definition) is 3. The van der Waals surface area contributed by atoms with Crippen LogP contribution in [0.2, 0.25) is 0 Å². The van der Waals surface area contributed by atoms with Gasteiger partial charge in [-0.3, -0.25) is 9.69 Å². The molecule has 26 heavy (non-hydrogen) atoms. The third kappa shape index (κ3) is 5.07. The van der Waals surface area contributed by atoms with Gasteiger partial charge in [-0.15, -0.1) is 0 Å².